The molecule has 5 nitrogen and oxygen atoms in total. The second-order valence-corrected chi connectivity index (χ2v) is 6.19. The number of rotatable bonds is 3. The number of carbonyl (C=O) groups is 2. The van der Waals surface area contributed by atoms with E-state index < -0.39 is 23.7 Å². The van der Waals surface area contributed by atoms with Crippen LogP contribution < -0.4 is 15.0 Å². The van der Waals surface area contributed by atoms with Crippen LogP contribution in [0.15, 0.2) is 48.5 Å². The number of amides is 2. The van der Waals surface area contributed by atoms with Gasteiger partial charge in [0.15, 0.2) is 6.61 Å². The van der Waals surface area contributed by atoms with E-state index in [-0.39, 0.29) is 24.7 Å². The zero-order chi connectivity index (χ0) is 19.6. The van der Waals surface area contributed by atoms with E-state index in [1.807, 2.05) is 0 Å². The number of para-hydroxylation sites is 2. The normalized spacial score (nSPS) is 17.0. The number of anilines is 2. The van der Waals surface area contributed by atoms with Crippen molar-refractivity contribution in [3.8, 4) is 5.75 Å². The molecule has 2 aromatic carbocycles. The Morgan fingerprint density at radius 1 is 1.19 bits per heavy atom. The molecule has 0 saturated carbocycles. The lowest BCUT2D eigenvalue weighted by molar-refractivity contribution is -0.137. The summed E-state index contributed by atoms with van der Waals surface area (Å²) < 4.78 is 43.1. The number of nitrogens with one attached hydrogen (secondary N) is 1. The van der Waals surface area contributed by atoms with E-state index in [9.17, 15) is 22.8 Å². The first-order valence-electron chi connectivity index (χ1n) is 8.26. The number of ether oxygens (including phenoxy) is 1. The molecule has 0 aromatic heterocycles. The maximum absolute atomic E-state index is 12.7. The zero-order valence-electron chi connectivity index (χ0n) is 14.4. The molecule has 1 aliphatic rings. The third-order valence-electron chi connectivity index (χ3n) is 4.17. The van der Waals surface area contributed by atoms with Crippen LogP contribution in [0.3, 0.4) is 0 Å². The van der Waals surface area contributed by atoms with Gasteiger partial charge in [-0.15, -0.1) is 0 Å². The van der Waals surface area contributed by atoms with E-state index in [0.717, 1.165) is 12.1 Å². The van der Waals surface area contributed by atoms with Crippen LogP contribution in [0.4, 0.5) is 24.5 Å². The summed E-state index contributed by atoms with van der Waals surface area (Å²) >= 11 is 0. The molecule has 0 saturated heterocycles. The summed E-state index contributed by atoms with van der Waals surface area (Å²) in [6.45, 7) is 1.38. The number of fused-ring (bicyclic) bond motifs is 1. The predicted molar refractivity (Wildman–Crippen MR) is 93.6 cm³/mol. The van der Waals surface area contributed by atoms with Gasteiger partial charge in [0.05, 0.1) is 16.9 Å². The van der Waals surface area contributed by atoms with Gasteiger partial charge in [-0.05, 0) is 43.3 Å². The van der Waals surface area contributed by atoms with Gasteiger partial charge in [0.25, 0.3) is 5.91 Å². The minimum atomic E-state index is -4.43. The number of halogens is 3. The van der Waals surface area contributed by atoms with Crippen molar-refractivity contribution in [3.63, 3.8) is 0 Å². The SMILES string of the molecule is CC1CC(=O)Nc2ccccc2N1C(=O)COc1ccc(C(F)(F)F)cc1. The highest BCUT2D eigenvalue weighted by Crippen LogP contribution is 2.32. The Balaban J connectivity index is 1.74. The highest BCUT2D eigenvalue weighted by atomic mass is 19.4. The second kappa shape index (κ2) is 7.30. The summed E-state index contributed by atoms with van der Waals surface area (Å²) in [4.78, 5) is 26.1. The monoisotopic (exact) mass is 378 g/mol. The Hall–Kier alpha value is -3.03. The summed E-state index contributed by atoms with van der Waals surface area (Å²) in [7, 11) is 0. The van der Waals surface area contributed by atoms with Gasteiger partial charge in [-0.25, -0.2) is 0 Å². The summed E-state index contributed by atoms with van der Waals surface area (Å²) in [5.41, 5.74) is 0.285. The van der Waals surface area contributed by atoms with Crippen LogP contribution in [0.1, 0.15) is 18.9 Å². The van der Waals surface area contributed by atoms with E-state index in [4.69, 9.17) is 4.74 Å². The zero-order valence-corrected chi connectivity index (χ0v) is 14.4. The summed E-state index contributed by atoms with van der Waals surface area (Å²) in [6.07, 6.45) is -4.31. The minimum absolute atomic E-state index is 0.126. The molecule has 1 atom stereocenters. The molecule has 1 unspecified atom stereocenters. The Labute approximate surface area is 153 Å². The molecule has 27 heavy (non-hydrogen) atoms. The molecule has 1 aliphatic heterocycles. The summed E-state index contributed by atoms with van der Waals surface area (Å²) in [6, 6.07) is 10.6. The highest BCUT2D eigenvalue weighted by molar-refractivity contribution is 6.04. The molecule has 0 bridgehead atoms. The lowest BCUT2D eigenvalue weighted by Gasteiger charge is -2.27. The maximum atomic E-state index is 12.7. The first-order valence-corrected chi connectivity index (χ1v) is 8.26. The van der Waals surface area contributed by atoms with Gasteiger partial charge in [0, 0.05) is 12.5 Å². The van der Waals surface area contributed by atoms with Crippen molar-refractivity contribution in [2.24, 2.45) is 0 Å². The largest absolute Gasteiger partial charge is 0.484 e. The van der Waals surface area contributed by atoms with E-state index in [1.165, 1.54) is 17.0 Å². The van der Waals surface area contributed by atoms with Crippen molar-refractivity contribution in [1.82, 2.24) is 0 Å². The molecule has 2 amide bonds. The molecule has 0 radical (unpaired) electrons. The third kappa shape index (κ3) is 4.21. The van der Waals surface area contributed by atoms with E-state index in [1.54, 1.807) is 31.2 Å². The molecule has 0 fully saturated rings. The van der Waals surface area contributed by atoms with E-state index in [2.05, 4.69) is 5.32 Å². The molecular formula is C19H17F3N2O3. The van der Waals surface area contributed by atoms with Gasteiger partial charge in [-0.3, -0.25) is 9.59 Å². The Morgan fingerprint density at radius 3 is 2.52 bits per heavy atom. The van der Waals surface area contributed by atoms with E-state index in [0.29, 0.717) is 11.4 Å². The summed E-state index contributed by atoms with van der Waals surface area (Å²) in [5, 5.41) is 2.75. The topological polar surface area (TPSA) is 58.6 Å². The molecule has 0 aliphatic carbocycles. The standard InChI is InChI=1S/C19H17F3N2O3/c1-12-10-17(25)23-15-4-2-3-5-16(15)24(12)18(26)11-27-14-8-6-13(7-9-14)19(20,21)22/h2-9,12H,10-11H2,1H3,(H,23,25). The van der Waals surface area contributed by atoms with Crippen molar-refractivity contribution < 1.29 is 27.5 Å². The molecule has 8 heteroatoms. The second-order valence-electron chi connectivity index (χ2n) is 6.19. The van der Waals surface area contributed by atoms with Gasteiger partial charge >= 0.3 is 6.18 Å². The molecule has 1 N–H and O–H groups in total. The molecule has 3 rings (SSSR count). The maximum Gasteiger partial charge on any atom is 0.416 e. The number of carbonyl (C=O) groups excluding carboxylic acids is 2. The fourth-order valence-corrected chi connectivity index (χ4v) is 2.92. The molecule has 0 spiro atoms. The van der Waals surface area contributed by atoms with Crippen LogP contribution in [-0.4, -0.2) is 24.5 Å². The number of nitrogens with zero attached hydrogens (tertiary/aromatic N) is 1. The third-order valence-corrected chi connectivity index (χ3v) is 4.17. The highest BCUT2D eigenvalue weighted by Gasteiger charge is 2.31. The molecule has 2 aromatic rings. The van der Waals surface area contributed by atoms with Crippen molar-refractivity contribution in [2.75, 3.05) is 16.8 Å². The fourth-order valence-electron chi connectivity index (χ4n) is 2.92. The van der Waals surface area contributed by atoms with Gasteiger partial charge in [-0.2, -0.15) is 13.2 Å². The Kier molecular flexibility index (Phi) is 5.07. The molecule has 1 heterocycles. The van der Waals surface area contributed by atoms with Gasteiger partial charge < -0.3 is 15.0 Å². The van der Waals surface area contributed by atoms with Crippen LogP contribution in [0, 0.1) is 0 Å². The predicted octanol–water partition coefficient (Wildman–Crippen LogP) is 3.85. The van der Waals surface area contributed by atoms with Gasteiger partial charge in [0.2, 0.25) is 5.91 Å². The van der Waals surface area contributed by atoms with Crippen molar-refractivity contribution in [2.45, 2.75) is 25.6 Å². The minimum Gasteiger partial charge on any atom is -0.484 e. The van der Waals surface area contributed by atoms with Crippen LogP contribution >= 0.6 is 0 Å². The number of alkyl halides is 3. The van der Waals surface area contributed by atoms with Crippen LogP contribution in [0.25, 0.3) is 0 Å². The molecular weight excluding hydrogens is 361 g/mol. The first-order chi connectivity index (χ1) is 12.8. The Bertz CT molecular complexity index is 850. The van der Waals surface area contributed by atoms with Crippen LogP contribution in [0.5, 0.6) is 5.75 Å². The van der Waals surface area contributed by atoms with Gasteiger partial charge in [-0.1, -0.05) is 12.1 Å². The first kappa shape index (κ1) is 18.8. The number of hydrogen-bond donors (Lipinski definition) is 1. The summed E-state index contributed by atoms with van der Waals surface area (Å²) in [5.74, 6) is -0.443. The Morgan fingerprint density at radius 2 is 1.85 bits per heavy atom. The number of benzene rings is 2. The van der Waals surface area contributed by atoms with E-state index >= 15 is 0 Å². The lowest BCUT2D eigenvalue weighted by Crippen LogP contribution is -2.41. The van der Waals surface area contributed by atoms with Crippen molar-refractivity contribution in [1.29, 1.82) is 0 Å². The van der Waals surface area contributed by atoms with Crippen LogP contribution in [0.2, 0.25) is 0 Å². The lowest BCUT2D eigenvalue weighted by atomic mass is 10.1. The fraction of sp³-hybridized carbons (Fsp3) is 0.263. The van der Waals surface area contributed by atoms with Gasteiger partial charge in [0.1, 0.15) is 5.75 Å². The smallest absolute Gasteiger partial charge is 0.416 e. The van der Waals surface area contributed by atoms with Crippen molar-refractivity contribution >= 4 is 23.2 Å². The average molecular weight is 378 g/mol. The quantitative estimate of drug-likeness (QED) is 0.883. The average Bonchev–Trinajstić information content (AvgIpc) is 2.73. The number of hydrogen-bond acceptors (Lipinski definition) is 3. The van der Waals surface area contributed by atoms with Crippen LogP contribution in [-0.2, 0) is 15.8 Å². The van der Waals surface area contributed by atoms with Crippen molar-refractivity contribution in [3.05, 3.63) is 54.1 Å². The molecule has 142 valence electrons.